The third kappa shape index (κ3) is 5.21. The fraction of sp³-hybridized carbons (Fsp3) is 0.571. The van der Waals surface area contributed by atoms with Gasteiger partial charge in [-0.2, -0.15) is 0 Å². The van der Waals surface area contributed by atoms with Crippen molar-refractivity contribution < 1.29 is 14.7 Å². The Labute approximate surface area is 123 Å². The molecule has 0 saturated heterocycles. The first-order chi connectivity index (χ1) is 9.41. The van der Waals surface area contributed by atoms with E-state index in [9.17, 15) is 9.59 Å². The van der Waals surface area contributed by atoms with Gasteiger partial charge >= 0.3 is 12.0 Å². The third-order valence-electron chi connectivity index (χ3n) is 3.22. The zero-order valence-corrected chi connectivity index (χ0v) is 12.9. The molecule has 0 aliphatic heterocycles. The van der Waals surface area contributed by atoms with Gasteiger partial charge in [-0.1, -0.05) is 19.9 Å². The minimum absolute atomic E-state index is 0.00998. The Hall–Kier alpha value is -1.56. The minimum Gasteiger partial charge on any atom is -0.481 e. The van der Waals surface area contributed by atoms with Gasteiger partial charge in [-0.25, -0.2) is 4.79 Å². The van der Waals surface area contributed by atoms with Gasteiger partial charge in [0.15, 0.2) is 0 Å². The van der Waals surface area contributed by atoms with Crippen LogP contribution in [0, 0.1) is 11.8 Å². The largest absolute Gasteiger partial charge is 0.481 e. The Balaban J connectivity index is 2.35. The molecule has 1 unspecified atom stereocenters. The lowest BCUT2D eigenvalue weighted by Gasteiger charge is -2.21. The van der Waals surface area contributed by atoms with Crippen LogP contribution in [0.1, 0.15) is 18.7 Å². The number of rotatable bonds is 7. The van der Waals surface area contributed by atoms with Crippen LogP contribution in [0.25, 0.3) is 0 Å². The van der Waals surface area contributed by atoms with Gasteiger partial charge in [0.25, 0.3) is 0 Å². The number of amides is 2. The molecular weight excluding hydrogens is 276 g/mol. The molecule has 1 rings (SSSR count). The van der Waals surface area contributed by atoms with Crippen LogP contribution in [0.15, 0.2) is 17.5 Å². The lowest BCUT2D eigenvalue weighted by molar-refractivity contribution is -0.142. The Morgan fingerprint density at radius 3 is 2.65 bits per heavy atom. The monoisotopic (exact) mass is 298 g/mol. The second-order valence-corrected chi connectivity index (χ2v) is 6.16. The number of hydrogen-bond donors (Lipinski definition) is 2. The smallest absolute Gasteiger partial charge is 0.317 e. The number of nitrogens with one attached hydrogen (secondary N) is 1. The summed E-state index contributed by atoms with van der Waals surface area (Å²) in [5.74, 6) is -1.43. The molecule has 0 spiro atoms. The van der Waals surface area contributed by atoms with E-state index in [0.717, 1.165) is 6.42 Å². The van der Waals surface area contributed by atoms with E-state index in [0.29, 0.717) is 6.54 Å². The highest BCUT2D eigenvalue weighted by molar-refractivity contribution is 7.09. The maximum absolute atomic E-state index is 11.9. The van der Waals surface area contributed by atoms with E-state index in [1.165, 1.54) is 4.88 Å². The van der Waals surface area contributed by atoms with Crippen LogP contribution < -0.4 is 5.32 Å². The van der Waals surface area contributed by atoms with Crippen LogP contribution in [0.2, 0.25) is 0 Å². The number of carboxylic acids is 1. The first-order valence-electron chi connectivity index (χ1n) is 6.66. The third-order valence-corrected chi connectivity index (χ3v) is 4.15. The van der Waals surface area contributed by atoms with Gasteiger partial charge in [-0.15, -0.1) is 11.3 Å². The van der Waals surface area contributed by atoms with Crippen LogP contribution in [0.4, 0.5) is 4.79 Å². The molecule has 0 radical (unpaired) electrons. The molecule has 2 N–H and O–H groups in total. The van der Waals surface area contributed by atoms with Crippen LogP contribution >= 0.6 is 11.3 Å². The van der Waals surface area contributed by atoms with Crippen molar-refractivity contribution in [2.45, 2.75) is 20.3 Å². The molecule has 0 fully saturated rings. The molecule has 0 saturated carbocycles. The predicted molar refractivity (Wildman–Crippen MR) is 80.0 cm³/mol. The summed E-state index contributed by atoms with van der Waals surface area (Å²) in [6, 6.07) is 3.80. The van der Waals surface area contributed by atoms with Gasteiger partial charge < -0.3 is 15.3 Å². The van der Waals surface area contributed by atoms with Crippen molar-refractivity contribution in [2.24, 2.45) is 11.8 Å². The van der Waals surface area contributed by atoms with Crippen LogP contribution in [-0.4, -0.2) is 42.1 Å². The lowest BCUT2D eigenvalue weighted by Crippen LogP contribution is -2.42. The summed E-state index contributed by atoms with van der Waals surface area (Å²) in [5.41, 5.74) is 0. The Morgan fingerprint density at radius 2 is 2.15 bits per heavy atom. The maximum Gasteiger partial charge on any atom is 0.317 e. The van der Waals surface area contributed by atoms with E-state index >= 15 is 0 Å². The fourth-order valence-electron chi connectivity index (χ4n) is 1.77. The van der Waals surface area contributed by atoms with Gasteiger partial charge in [0.1, 0.15) is 0 Å². The van der Waals surface area contributed by atoms with Crippen molar-refractivity contribution in [1.82, 2.24) is 10.2 Å². The number of carboxylic acid groups (broad SMARTS) is 1. The molecule has 5 nitrogen and oxygen atoms in total. The minimum atomic E-state index is -0.874. The molecular formula is C14H22N2O3S. The molecule has 0 aliphatic rings. The van der Waals surface area contributed by atoms with E-state index in [-0.39, 0.29) is 18.5 Å². The molecule has 1 aromatic rings. The Kier molecular flexibility index (Phi) is 6.51. The second-order valence-electron chi connectivity index (χ2n) is 5.13. The molecule has 0 bridgehead atoms. The highest BCUT2D eigenvalue weighted by Crippen LogP contribution is 2.11. The van der Waals surface area contributed by atoms with Crippen LogP contribution in [0.3, 0.4) is 0 Å². The van der Waals surface area contributed by atoms with Crippen LogP contribution in [0.5, 0.6) is 0 Å². The Bertz CT molecular complexity index is 432. The van der Waals surface area contributed by atoms with Crippen molar-refractivity contribution >= 4 is 23.3 Å². The van der Waals surface area contributed by atoms with E-state index in [1.54, 1.807) is 23.3 Å². The van der Waals surface area contributed by atoms with Gasteiger partial charge in [0.05, 0.1) is 5.92 Å². The number of urea groups is 1. The normalized spacial score (nSPS) is 12.2. The van der Waals surface area contributed by atoms with Crippen molar-refractivity contribution in [3.8, 4) is 0 Å². The Morgan fingerprint density at radius 1 is 1.45 bits per heavy atom. The van der Waals surface area contributed by atoms with E-state index in [1.807, 2.05) is 31.4 Å². The van der Waals surface area contributed by atoms with Crippen molar-refractivity contribution in [1.29, 1.82) is 0 Å². The van der Waals surface area contributed by atoms with Gasteiger partial charge in [-0.05, 0) is 23.8 Å². The van der Waals surface area contributed by atoms with Crippen molar-refractivity contribution in [3.63, 3.8) is 0 Å². The number of aliphatic carboxylic acids is 1. The molecule has 1 heterocycles. The van der Waals surface area contributed by atoms with Crippen LogP contribution in [-0.2, 0) is 11.2 Å². The van der Waals surface area contributed by atoms with Crippen molar-refractivity contribution in [2.75, 3.05) is 20.1 Å². The summed E-state index contributed by atoms with van der Waals surface area (Å²) in [4.78, 5) is 25.7. The van der Waals surface area contributed by atoms with Crippen molar-refractivity contribution in [3.05, 3.63) is 22.4 Å². The summed E-state index contributed by atoms with van der Waals surface area (Å²) in [7, 11) is 1.72. The number of carbonyl (C=O) groups is 2. The highest BCUT2D eigenvalue weighted by Gasteiger charge is 2.22. The number of likely N-dealkylation sites (N-methyl/N-ethyl adjacent to an activating group) is 1. The van der Waals surface area contributed by atoms with Gasteiger partial charge in [0.2, 0.25) is 0 Å². The average Bonchev–Trinajstić information content (AvgIpc) is 2.88. The molecule has 20 heavy (non-hydrogen) atoms. The zero-order chi connectivity index (χ0) is 15.1. The molecule has 1 aromatic heterocycles. The molecule has 2 amide bonds. The molecule has 112 valence electrons. The number of thiophene rings is 1. The number of nitrogens with zero attached hydrogens (tertiary/aromatic N) is 1. The first kappa shape index (κ1) is 16.5. The topological polar surface area (TPSA) is 69.6 Å². The summed E-state index contributed by atoms with van der Waals surface area (Å²) in [6.45, 7) is 4.46. The lowest BCUT2D eigenvalue weighted by atomic mass is 9.96. The van der Waals surface area contributed by atoms with Gasteiger partial charge in [-0.3, -0.25) is 4.79 Å². The van der Waals surface area contributed by atoms with E-state index < -0.39 is 11.9 Å². The van der Waals surface area contributed by atoms with E-state index in [4.69, 9.17) is 5.11 Å². The van der Waals surface area contributed by atoms with Gasteiger partial charge in [0, 0.05) is 25.0 Å². The summed E-state index contributed by atoms with van der Waals surface area (Å²) in [5, 5.41) is 13.8. The fourth-order valence-corrected chi connectivity index (χ4v) is 2.47. The second kappa shape index (κ2) is 7.89. The average molecular weight is 298 g/mol. The number of carbonyl (C=O) groups excluding carboxylic acids is 1. The molecule has 0 aliphatic carbocycles. The SMILES string of the molecule is CC(C)C(CNC(=O)N(C)CCc1cccs1)C(=O)O. The quantitative estimate of drug-likeness (QED) is 0.811. The summed E-state index contributed by atoms with van der Waals surface area (Å²) >= 11 is 1.67. The maximum atomic E-state index is 11.9. The van der Waals surface area contributed by atoms with E-state index in [2.05, 4.69) is 5.32 Å². The molecule has 0 aromatic carbocycles. The standard InChI is InChI=1S/C14H22N2O3S/c1-10(2)12(13(17)18)9-15-14(19)16(3)7-6-11-5-4-8-20-11/h4-5,8,10,12H,6-7,9H2,1-3H3,(H,15,19)(H,17,18). The highest BCUT2D eigenvalue weighted by atomic mass is 32.1. The first-order valence-corrected chi connectivity index (χ1v) is 7.54. The predicted octanol–water partition coefficient (Wildman–Crippen LogP) is 2.29. The molecule has 1 atom stereocenters. The zero-order valence-electron chi connectivity index (χ0n) is 12.1. The summed E-state index contributed by atoms with van der Waals surface area (Å²) < 4.78 is 0. The summed E-state index contributed by atoms with van der Waals surface area (Å²) in [6.07, 6.45) is 0.814. The molecule has 6 heteroatoms. The number of hydrogen-bond acceptors (Lipinski definition) is 3.